The minimum Gasteiger partial charge on any atom is -0.464 e. The zero-order chi connectivity index (χ0) is 20.5. The SMILES string of the molecule is COC(=O)c1ccc2ccc3c(-c4ccc(N)cc4)cc(C(=O)OC)nc3c2n1. The van der Waals surface area contributed by atoms with Crippen molar-refractivity contribution in [3.63, 3.8) is 0 Å². The zero-order valence-electron chi connectivity index (χ0n) is 15.8. The maximum atomic E-state index is 12.3. The summed E-state index contributed by atoms with van der Waals surface area (Å²) >= 11 is 0. The molecular weight excluding hydrogens is 370 g/mol. The van der Waals surface area contributed by atoms with E-state index in [1.54, 1.807) is 30.3 Å². The molecular formula is C22H17N3O4. The van der Waals surface area contributed by atoms with Crippen LogP contribution in [0, 0.1) is 0 Å². The highest BCUT2D eigenvalue weighted by molar-refractivity contribution is 6.10. The second-order valence-electron chi connectivity index (χ2n) is 6.39. The topological polar surface area (TPSA) is 104 Å². The molecule has 144 valence electrons. The van der Waals surface area contributed by atoms with E-state index >= 15 is 0 Å². The van der Waals surface area contributed by atoms with Crippen LogP contribution in [-0.2, 0) is 9.47 Å². The molecule has 7 nitrogen and oxygen atoms in total. The number of nitrogens with two attached hydrogens (primary N) is 1. The van der Waals surface area contributed by atoms with E-state index in [1.807, 2.05) is 24.3 Å². The molecule has 4 aromatic rings. The third-order valence-electron chi connectivity index (χ3n) is 4.65. The van der Waals surface area contributed by atoms with Crippen molar-refractivity contribution in [1.82, 2.24) is 9.97 Å². The lowest BCUT2D eigenvalue weighted by Gasteiger charge is -2.12. The van der Waals surface area contributed by atoms with Gasteiger partial charge in [0.05, 0.1) is 25.3 Å². The van der Waals surface area contributed by atoms with Gasteiger partial charge in [0.1, 0.15) is 11.4 Å². The number of hydrogen-bond donors (Lipinski definition) is 1. The summed E-state index contributed by atoms with van der Waals surface area (Å²) in [6, 6.07) is 16.1. The molecule has 0 fully saturated rings. The molecule has 2 heterocycles. The van der Waals surface area contributed by atoms with E-state index in [1.165, 1.54) is 14.2 Å². The summed E-state index contributed by atoms with van der Waals surface area (Å²) in [6.07, 6.45) is 0. The Bertz CT molecular complexity index is 1270. The van der Waals surface area contributed by atoms with E-state index in [-0.39, 0.29) is 11.4 Å². The lowest BCUT2D eigenvalue weighted by molar-refractivity contribution is 0.0585. The largest absolute Gasteiger partial charge is 0.464 e. The van der Waals surface area contributed by atoms with Crippen molar-refractivity contribution in [3.8, 4) is 11.1 Å². The van der Waals surface area contributed by atoms with Gasteiger partial charge in [-0.3, -0.25) is 0 Å². The van der Waals surface area contributed by atoms with Crippen molar-refractivity contribution in [1.29, 1.82) is 0 Å². The Morgan fingerprint density at radius 3 is 2.10 bits per heavy atom. The number of rotatable bonds is 3. The molecule has 0 saturated heterocycles. The molecule has 0 aliphatic carbocycles. The second kappa shape index (κ2) is 7.20. The number of pyridine rings is 2. The molecule has 0 radical (unpaired) electrons. The normalized spacial score (nSPS) is 10.8. The van der Waals surface area contributed by atoms with Crippen LogP contribution in [-0.4, -0.2) is 36.1 Å². The number of hydrogen-bond acceptors (Lipinski definition) is 7. The summed E-state index contributed by atoms with van der Waals surface area (Å²) in [4.78, 5) is 33.1. The van der Waals surface area contributed by atoms with Crippen molar-refractivity contribution in [2.24, 2.45) is 0 Å². The van der Waals surface area contributed by atoms with Gasteiger partial charge < -0.3 is 15.2 Å². The monoisotopic (exact) mass is 387 g/mol. The molecule has 0 aliphatic heterocycles. The van der Waals surface area contributed by atoms with Crippen LogP contribution in [0.3, 0.4) is 0 Å². The summed E-state index contributed by atoms with van der Waals surface area (Å²) in [5.74, 6) is -1.11. The number of benzene rings is 2. The number of nitrogen functional groups attached to an aromatic ring is 1. The van der Waals surface area contributed by atoms with Crippen molar-refractivity contribution < 1.29 is 19.1 Å². The van der Waals surface area contributed by atoms with Crippen molar-refractivity contribution in [2.75, 3.05) is 20.0 Å². The summed E-state index contributed by atoms with van der Waals surface area (Å²) in [5, 5.41) is 1.56. The van der Waals surface area contributed by atoms with Gasteiger partial charge in [0, 0.05) is 16.5 Å². The number of ether oxygens (including phenoxy) is 2. The molecule has 4 rings (SSSR count). The van der Waals surface area contributed by atoms with Crippen LogP contribution in [0.25, 0.3) is 32.9 Å². The van der Waals surface area contributed by atoms with E-state index in [0.29, 0.717) is 16.7 Å². The number of aromatic nitrogens is 2. The molecule has 0 saturated carbocycles. The first-order valence-corrected chi connectivity index (χ1v) is 8.79. The number of nitrogens with zero attached hydrogens (tertiary/aromatic N) is 2. The highest BCUT2D eigenvalue weighted by Crippen LogP contribution is 2.33. The van der Waals surface area contributed by atoms with Gasteiger partial charge in [-0.15, -0.1) is 0 Å². The molecule has 0 spiro atoms. The lowest BCUT2D eigenvalue weighted by atomic mass is 9.98. The van der Waals surface area contributed by atoms with Crippen LogP contribution >= 0.6 is 0 Å². The van der Waals surface area contributed by atoms with Crippen LogP contribution in [0.4, 0.5) is 5.69 Å². The number of fused-ring (bicyclic) bond motifs is 3. The molecule has 0 atom stereocenters. The number of anilines is 1. The Hall–Kier alpha value is -4.00. The number of methoxy groups -OCH3 is 2. The Morgan fingerprint density at radius 2 is 1.41 bits per heavy atom. The van der Waals surface area contributed by atoms with Gasteiger partial charge in [-0.1, -0.05) is 30.3 Å². The van der Waals surface area contributed by atoms with Gasteiger partial charge in [0.15, 0.2) is 0 Å². The van der Waals surface area contributed by atoms with Crippen LogP contribution < -0.4 is 5.73 Å². The van der Waals surface area contributed by atoms with E-state index in [9.17, 15) is 9.59 Å². The van der Waals surface area contributed by atoms with Crippen molar-refractivity contribution in [3.05, 3.63) is 66.0 Å². The zero-order valence-corrected chi connectivity index (χ0v) is 15.8. The minimum absolute atomic E-state index is 0.143. The Balaban J connectivity index is 2.09. The maximum Gasteiger partial charge on any atom is 0.356 e. The molecule has 7 heteroatoms. The van der Waals surface area contributed by atoms with Gasteiger partial charge in [-0.05, 0) is 35.4 Å². The van der Waals surface area contributed by atoms with E-state index in [2.05, 4.69) is 9.97 Å². The van der Waals surface area contributed by atoms with Crippen LogP contribution in [0.15, 0.2) is 54.6 Å². The fourth-order valence-electron chi connectivity index (χ4n) is 3.20. The number of carbonyl (C=O) groups is 2. The van der Waals surface area contributed by atoms with Gasteiger partial charge in [-0.2, -0.15) is 0 Å². The standard InChI is InChI=1S/C22H17N3O4/c1-28-21(26)17-10-6-13-5-9-15-16(12-3-7-14(23)8-4-12)11-18(22(27)29-2)25-20(15)19(13)24-17/h3-11H,23H2,1-2H3. The maximum absolute atomic E-state index is 12.3. The third kappa shape index (κ3) is 3.23. The van der Waals surface area contributed by atoms with Crippen LogP contribution in [0.5, 0.6) is 0 Å². The lowest BCUT2D eigenvalue weighted by Crippen LogP contribution is -2.07. The smallest absolute Gasteiger partial charge is 0.356 e. The van der Waals surface area contributed by atoms with Gasteiger partial charge >= 0.3 is 11.9 Å². The summed E-state index contributed by atoms with van der Waals surface area (Å²) < 4.78 is 9.64. The number of carbonyl (C=O) groups excluding carboxylic acids is 2. The molecule has 0 amide bonds. The van der Waals surface area contributed by atoms with Crippen LogP contribution in [0.2, 0.25) is 0 Å². The van der Waals surface area contributed by atoms with E-state index in [0.717, 1.165) is 21.9 Å². The quantitative estimate of drug-likeness (QED) is 0.325. The molecule has 2 aromatic heterocycles. The fraction of sp³-hybridized carbons (Fsp3) is 0.0909. The first-order chi connectivity index (χ1) is 14.0. The van der Waals surface area contributed by atoms with E-state index < -0.39 is 11.9 Å². The van der Waals surface area contributed by atoms with Crippen molar-refractivity contribution in [2.45, 2.75) is 0 Å². The molecule has 0 unspecified atom stereocenters. The molecule has 2 N–H and O–H groups in total. The average Bonchev–Trinajstić information content (AvgIpc) is 2.77. The average molecular weight is 387 g/mol. The van der Waals surface area contributed by atoms with E-state index in [4.69, 9.17) is 15.2 Å². The highest BCUT2D eigenvalue weighted by Gasteiger charge is 2.17. The molecule has 29 heavy (non-hydrogen) atoms. The Kier molecular flexibility index (Phi) is 4.56. The van der Waals surface area contributed by atoms with Crippen molar-refractivity contribution >= 4 is 39.4 Å². The highest BCUT2D eigenvalue weighted by atomic mass is 16.5. The fourth-order valence-corrected chi connectivity index (χ4v) is 3.20. The summed E-state index contributed by atoms with van der Waals surface area (Å²) in [5.41, 5.74) is 9.37. The van der Waals surface area contributed by atoms with Gasteiger partial charge in [0.25, 0.3) is 0 Å². The Morgan fingerprint density at radius 1 is 0.793 bits per heavy atom. The third-order valence-corrected chi connectivity index (χ3v) is 4.65. The predicted molar refractivity (Wildman–Crippen MR) is 110 cm³/mol. The second-order valence-corrected chi connectivity index (χ2v) is 6.39. The molecule has 2 aromatic carbocycles. The molecule has 0 bridgehead atoms. The Labute approximate surface area is 166 Å². The number of esters is 2. The molecule has 0 aliphatic rings. The summed E-state index contributed by atoms with van der Waals surface area (Å²) in [7, 11) is 2.60. The summed E-state index contributed by atoms with van der Waals surface area (Å²) in [6.45, 7) is 0. The van der Waals surface area contributed by atoms with Gasteiger partial charge in [0.2, 0.25) is 0 Å². The predicted octanol–water partition coefficient (Wildman–Crippen LogP) is 3.61. The van der Waals surface area contributed by atoms with Crippen LogP contribution in [0.1, 0.15) is 21.0 Å². The first-order valence-electron chi connectivity index (χ1n) is 8.79. The van der Waals surface area contributed by atoms with Gasteiger partial charge in [-0.25, -0.2) is 19.6 Å². The minimum atomic E-state index is -0.565. The first kappa shape index (κ1) is 18.4.